The van der Waals surface area contributed by atoms with E-state index < -0.39 is 4.92 Å². The Morgan fingerprint density at radius 1 is 1.45 bits per heavy atom. The van der Waals surface area contributed by atoms with Crippen molar-refractivity contribution in [2.45, 2.75) is 53.0 Å². The molecular weight excluding hydrogens is 254 g/mol. The van der Waals surface area contributed by atoms with Crippen LogP contribution in [0.5, 0.6) is 0 Å². The van der Waals surface area contributed by atoms with Crippen molar-refractivity contribution in [1.29, 1.82) is 0 Å². The lowest BCUT2D eigenvalue weighted by molar-refractivity contribution is -0.385. The second-order valence-corrected chi connectivity index (χ2v) is 5.70. The maximum Gasteiger partial charge on any atom is 0.287 e. The highest BCUT2D eigenvalue weighted by atomic mass is 16.6. The lowest BCUT2D eigenvalue weighted by Gasteiger charge is -2.20. The molecule has 0 aliphatic heterocycles. The van der Waals surface area contributed by atoms with Crippen molar-refractivity contribution >= 4 is 5.69 Å². The lowest BCUT2D eigenvalue weighted by atomic mass is 9.97. The molecule has 1 rings (SSSR count). The van der Waals surface area contributed by atoms with E-state index in [1.54, 1.807) is 6.07 Å². The van der Waals surface area contributed by atoms with Crippen LogP contribution in [-0.2, 0) is 6.42 Å². The van der Waals surface area contributed by atoms with Crippen LogP contribution in [0.1, 0.15) is 44.9 Å². The fraction of sp³-hybridized carbons (Fsp3) is 0.667. The van der Waals surface area contributed by atoms with E-state index >= 15 is 0 Å². The molecule has 0 aliphatic rings. The lowest BCUT2D eigenvalue weighted by Crippen LogP contribution is -2.33. The van der Waals surface area contributed by atoms with Crippen molar-refractivity contribution in [1.82, 2.24) is 10.3 Å². The Morgan fingerprint density at radius 3 is 2.65 bits per heavy atom. The quantitative estimate of drug-likeness (QED) is 0.586. The van der Waals surface area contributed by atoms with E-state index in [0.717, 1.165) is 37.1 Å². The molecule has 1 atom stereocenters. The number of pyridine rings is 1. The van der Waals surface area contributed by atoms with Gasteiger partial charge in [0.15, 0.2) is 0 Å². The average molecular weight is 279 g/mol. The zero-order valence-corrected chi connectivity index (χ0v) is 12.8. The van der Waals surface area contributed by atoms with Gasteiger partial charge >= 0.3 is 0 Å². The average Bonchev–Trinajstić information content (AvgIpc) is 2.37. The molecule has 0 aliphatic carbocycles. The molecular formula is C15H25N3O2. The molecule has 0 fully saturated rings. The first-order valence-corrected chi connectivity index (χ1v) is 7.27. The molecule has 0 bridgehead atoms. The third-order valence-electron chi connectivity index (χ3n) is 3.26. The predicted octanol–water partition coefficient (Wildman–Crippen LogP) is 3.26. The predicted molar refractivity (Wildman–Crippen MR) is 80.9 cm³/mol. The Hall–Kier alpha value is -1.49. The summed E-state index contributed by atoms with van der Waals surface area (Å²) in [7, 11) is 0. The number of aromatic nitrogens is 1. The highest BCUT2D eigenvalue weighted by Gasteiger charge is 2.15. The van der Waals surface area contributed by atoms with Crippen molar-refractivity contribution < 1.29 is 4.92 Å². The second kappa shape index (κ2) is 7.94. The maximum absolute atomic E-state index is 10.7. The van der Waals surface area contributed by atoms with Crippen LogP contribution in [0, 0.1) is 23.0 Å². The van der Waals surface area contributed by atoms with Gasteiger partial charge in [-0.1, -0.05) is 20.8 Å². The van der Waals surface area contributed by atoms with Gasteiger partial charge < -0.3 is 5.32 Å². The van der Waals surface area contributed by atoms with Crippen LogP contribution in [0.25, 0.3) is 0 Å². The summed E-state index contributed by atoms with van der Waals surface area (Å²) in [5, 5.41) is 14.3. The van der Waals surface area contributed by atoms with E-state index in [-0.39, 0.29) is 5.69 Å². The first kappa shape index (κ1) is 16.6. The van der Waals surface area contributed by atoms with E-state index in [1.807, 2.05) is 6.92 Å². The van der Waals surface area contributed by atoms with Gasteiger partial charge in [0, 0.05) is 24.2 Å². The van der Waals surface area contributed by atoms with Crippen LogP contribution in [0.15, 0.2) is 12.3 Å². The molecule has 5 heteroatoms. The summed E-state index contributed by atoms with van der Waals surface area (Å²) in [4.78, 5) is 14.6. The van der Waals surface area contributed by atoms with Crippen LogP contribution in [-0.4, -0.2) is 22.5 Å². The normalized spacial score (nSPS) is 12.7. The standard InChI is InChI=1S/C15H25N3O2/c1-5-6-16-13(7-11(2)3)9-15-12(4)8-14(10-17-15)18(19)20/h8,10-11,13,16H,5-7,9H2,1-4H3. The molecule has 1 N–H and O–H groups in total. The SMILES string of the molecule is CCCNC(Cc1ncc([N+](=O)[O-])cc1C)CC(C)C. The van der Waals surface area contributed by atoms with Gasteiger partial charge in [0.2, 0.25) is 0 Å². The summed E-state index contributed by atoms with van der Waals surface area (Å²) in [5.41, 5.74) is 1.91. The van der Waals surface area contributed by atoms with Crippen molar-refractivity contribution in [3.8, 4) is 0 Å². The largest absolute Gasteiger partial charge is 0.314 e. The Labute approximate surface area is 121 Å². The van der Waals surface area contributed by atoms with Crippen LogP contribution >= 0.6 is 0 Å². The van der Waals surface area contributed by atoms with Gasteiger partial charge in [-0.15, -0.1) is 0 Å². The molecule has 0 amide bonds. The summed E-state index contributed by atoms with van der Waals surface area (Å²) >= 11 is 0. The Kier molecular flexibility index (Phi) is 6.58. The molecule has 5 nitrogen and oxygen atoms in total. The van der Waals surface area contributed by atoms with Crippen molar-refractivity contribution in [3.05, 3.63) is 33.6 Å². The summed E-state index contributed by atoms with van der Waals surface area (Å²) in [6.45, 7) is 9.44. The van der Waals surface area contributed by atoms with Crippen LogP contribution in [0.3, 0.4) is 0 Å². The molecule has 0 spiro atoms. The number of nitrogens with zero attached hydrogens (tertiary/aromatic N) is 2. The van der Waals surface area contributed by atoms with Gasteiger partial charge in [-0.25, -0.2) is 0 Å². The van der Waals surface area contributed by atoms with Crippen LogP contribution < -0.4 is 5.32 Å². The molecule has 0 radical (unpaired) electrons. The van der Waals surface area contributed by atoms with Gasteiger partial charge in [0.25, 0.3) is 5.69 Å². The Balaban J connectivity index is 2.79. The second-order valence-electron chi connectivity index (χ2n) is 5.70. The molecule has 1 aromatic heterocycles. The fourth-order valence-corrected chi connectivity index (χ4v) is 2.29. The molecule has 1 heterocycles. The van der Waals surface area contributed by atoms with E-state index in [9.17, 15) is 10.1 Å². The molecule has 20 heavy (non-hydrogen) atoms. The molecule has 1 unspecified atom stereocenters. The number of aryl methyl sites for hydroxylation is 1. The van der Waals surface area contributed by atoms with Gasteiger partial charge in [0.1, 0.15) is 6.20 Å². The minimum Gasteiger partial charge on any atom is -0.314 e. The van der Waals surface area contributed by atoms with Gasteiger partial charge in [-0.2, -0.15) is 0 Å². The van der Waals surface area contributed by atoms with Crippen LogP contribution in [0.4, 0.5) is 5.69 Å². The topological polar surface area (TPSA) is 68.1 Å². The third-order valence-corrected chi connectivity index (χ3v) is 3.26. The third kappa shape index (κ3) is 5.25. The Bertz CT molecular complexity index is 447. The van der Waals surface area contributed by atoms with E-state index in [0.29, 0.717) is 12.0 Å². The fourth-order valence-electron chi connectivity index (χ4n) is 2.29. The van der Waals surface area contributed by atoms with E-state index in [1.165, 1.54) is 6.20 Å². The Morgan fingerprint density at radius 2 is 2.15 bits per heavy atom. The minimum absolute atomic E-state index is 0.0631. The van der Waals surface area contributed by atoms with E-state index in [2.05, 4.69) is 31.1 Å². The zero-order chi connectivity index (χ0) is 15.1. The summed E-state index contributed by atoms with van der Waals surface area (Å²) < 4.78 is 0. The van der Waals surface area contributed by atoms with Crippen LogP contribution in [0.2, 0.25) is 0 Å². The van der Waals surface area contributed by atoms with E-state index in [4.69, 9.17) is 0 Å². The monoisotopic (exact) mass is 279 g/mol. The van der Waals surface area contributed by atoms with Gasteiger partial charge in [0.05, 0.1) is 4.92 Å². The highest BCUT2D eigenvalue weighted by molar-refractivity contribution is 5.33. The molecule has 112 valence electrons. The minimum atomic E-state index is -0.398. The summed E-state index contributed by atoms with van der Waals surface area (Å²) in [6, 6.07) is 1.98. The molecule has 0 aromatic carbocycles. The number of nitro groups is 1. The first-order valence-electron chi connectivity index (χ1n) is 7.27. The molecule has 0 saturated heterocycles. The summed E-state index contributed by atoms with van der Waals surface area (Å²) in [6.07, 6.45) is 4.36. The molecule has 1 aromatic rings. The van der Waals surface area contributed by atoms with Crippen molar-refractivity contribution in [2.24, 2.45) is 5.92 Å². The maximum atomic E-state index is 10.7. The number of rotatable bonds is 8. The highest BCUT2D eigenvalue weighted by Crippen LogP contribution is 2.17. The molecule has 0 saturated carbocycles. The number of hydrogen-bond acceptors (Lipinski definition) is 4. The van der Waals surface area contributed by atoms with Gasteiger partial charge in [-0.05, 0) is 37.8 Å². The zero-order valence-electron chi connectivity index (χ0n) is 12.8. The summed E-state index contributed by atoms with van der Waals surface area (Å²) in [5.74, 6) is 0.614. The number of hydrogen-bond donors (Lipinski definition) is 1. The van der Waals surface area contributed by atoms with Gasteiger partial charge in [-0.3, -0.25) is 15.1 Å². The van der Waals surface area contributed by atoms with Crippen molar-refractivity contribution in [3.63, 3.8) is 0 Å². The first-order chi connectivity index (χ1) is 9.43. The smallest absolute Gasteiger partial charge is 0.287 e. The number of nitrogens with one attached hydrogen (secondary N) is 1. The van der Waals surface area contributed by atoms with Crippen molar-refractivity contribution in [2.75, 3.05) is 6.54 Å².